The molecular formula is C17H29NO5. The Balaban J connectivity index is 2.19. The van der Waals surface area contributed by atoms with E-state index < -0.39 is 17.0 Å². The van der Waals surface area contributed by atoms with Gasteiger partial charge in [0.1, 0.15) is 5.60 Å². The molecule has 6 heteroatoms. The number of hydrogen-bond donors (Lipinski definition) is 1. The molecule has 0 radical (unpaired) electrons. The first-order valence-corrected chi connectivity index (χ1v) is 8.42. The monoisotopic (exact) mass is 327 g/mol. The van der Waals surface area contributed by atoms with Gasteiger partial charge in [-0.05, 0) is 19.3 Å². The molecule has 0 aliphatic carbocycles. The number of amides is 1. The first-order chi connectivity index (χ1) is 10.7. The predicted octanol–water partition coefficient (Wildman–Crippen LogP) is 1.92. The molecule has 2 heterocycles. The Kier molecular flexibility index (Phi) is 5.36. The third-order valence-corrected chi connectivity index (χ3v) is 4.68. The van der Waals surface area contributed by atoms with Crippen LogP contribution in [0.15, 0.2) is 0 Å². The van der Waals surface area contributed by atoms with Crippen LogP contribution in [0.1, 0.15) is 47.0 Å². The van der Waals surface area contributed by atoms with E-state index in [0.717, 1.165) is 6.42 Å². The summed E-state index contributed by atoms with van der Waals surface area (Å²) in [6.45, 7) is 9.91. The zero-order valence-electron chi connectivity index (χ0n) is 14.6. The summed E-state index contributed by atoms with van der Waals surface area (Å²) in [6, 6.07) is 0. The normalized spacial score (nSPS) is 30.7. The summed E-state index contributed by atoms with van der Waals surface area (Å²) in [6.07, 6.45) is 1.13. The topological polar surface area (TPSA) is 76.1 Å². The summed E-state index contributed by atoms with van der Waals surface area (Å²) >= 11 is 0. The second kappa shape index (κ2) is 6.77. The van der Waals surface area contributed by atoms with Crippen LogP contribution in [0.4, 0.5) is 0 Å². The van der Waals surface area contributed by atoms with Crippen molar-refractivity contribution in [2.24, 2.45) is 11.3 Å². The molecule has 0 bridgehead atoms. The summed E-state index contributed by atoms with van der Waals surface area (Å²) in [5, 5.41) is 9.25. The van der Waals surface area contributed by atoms with Crippen LogP contribution >= 0.6 is 0 Å². The van der Waals surface area contributed by atoms with Gasteiger partial charge in [-0.2, -0.15) is 0 Å². The number of morpholine rings is 1. The van der Waals surface area contributed by atoms with Crippen LogP contribution in [-0.4, -0.2) is 59.9 Å². The van der Waals surface area contributed by atoms with Crippen LogP contribution in [-0.2, 0) is 19.1 Å². The van der Waals surface area contributed by atoms with Gasteiger partial charge in [0, 0.05) is 19.6 Å². The van der Waals surface area contributed by atoms with Crippen LogP contribution in [0.3, 0.4) is 0 Å². The van der Waals surface area contributed by atoms with Gasteiger partial charge in [-0.15, -0.1) is 0 Å². The number of carbonyl (C=O) groups is 2. The van der Waals surface area contributed by atoms with Gasteiger partial charge in [-0.1, -0.05) is 20.8 Å². The smallest absolute Gasteiger partial charge is 0.304 e. The molecule has 1 spiro atoms. The highest BCUT2D eigenvalue weighted by Crippen LogP contribution is 2.36. The van der Waals surface area contributed by atoms with Crippen molar-refractivity contribution in [1.82, 2.24) is 4.90 Å². The zero-order valence-corrected chi connectivity index (χ0v) is 14.6. The lowest BCUT2D eigenvalue weighted by Crippen LogP contribution is -2.59. The maximum atomic E-state index is 13.1. The van der Waals surface area contributed by atoms with Gasteiger partial charge >= 0.3 is 5.97 Å². The summed E-state index contributed by atoms with van der Waals surface area (Å²) < 4.78 is 11.5. The Morgan fingerprint density at radius 1 is 1.43 bits per heavy atom. The lowest BCUT2D eigenvalue weighted by Gasteiger charge is -2.45. The quantitative estimate of drug-likeness (QED) is 0.835. The minimum Gasteiger partial charge on any atom is -0.481 e. The summed E-state index contributed by atoms with van der Waals surface area (Å²) in [7, 11) is 0. The van der Waals surface area contributed by atoms with E-state index in [2.05, 4.69) is 0 Å². The fourth-order valence-corrected chi connectivity index (χ4v) is 4.04. The fourth-order valence-electron chi connectivity index (χ4n) is 4.04. The van der Waals surface area contributed by atoms with Gasteiger partial charge in [-0.25, -0.2) is 0 Å². The Hall–Kier alpha value is -1.14. The molecule has 132 valence electrons. The second-order valence-electron chi connectivity index (χ2n) is 7.83. The van der Waals surface area contributed by atoms with Crippen molar-refractivity contribution in [1.29, 1.82) is 0 Å². The van der Waals surface area contributed by atoms with Crippen molar-refractivity contribution in [3.63, 3.8) is 0 Å². The van der Waals surface area contributed by atoms with E-state index in [1.54, 1.807) is 11.8 Å². The maximum Gasteiger partial charge on any atom is 0.304 e. The van der Waals surface area contributed by atoms with Crippen molar-refractivity contribution < 1.29 is 24.2 Å². The van der Waals surface area contributed by atoms with Crippen LogP contribution in [0.2, 0.25) is 0 Å². The van der Waals surface area contributed by atoms with Gasteiger partial charge < -0.3 is 19.5 Å². The van der Waals surface area contributed by atoms with Gasteiger partial charge in [-0.3, -0.25) is 9.59 Å². The molecule has 23 heavy (non-hydrogen) atoms. The summed E-state index contributed by atoms with van der Waals surface area (Å²) in [4.78, 5) is 26.2. The van der Waals surface area contributed by atoms with E-state index in [-0.39, 0.29) is 24.3 Å². The Labute approximate surface area is 138 Å². The molecule has 0 aromatic rings. The van der Waals surface area contributed by atoms with E-state index in [0.29, 0.717) is 32.7 Å². The molecule has 0 aromatic carbocycles. The third kappa shape index (κ3) is 4.23. The van der Waals surface area contributed by atoms with Gasteiger partial charge in [0.05, 0.1) is 31.1 Å². The lowest BCUT2D eigenvalue weighted by molar-refractivity contribution is -0.175. The van der Waals surface area contributed by atoms with Crippen molar-refractivity contribution in [2.75, 3.05) is 26.3 Å². The molecule has 1 N–H and O–H groups in total. The van der Waals surface area contributed by atoms with E-state index in [1.807, 2.05) is 20.8 Å². The molecule has 6 nitrogen and oxygen atoms in total. The predicted molar refractivity (Wildman–Crippen MR) is 85.1 cm³/mol. The lowest BCUT2D eigenvalue weighted by atomic mass is 9.77. The number of rotatable bonds is 5. The molecule has 1 amide bonds. The number of carbonyl (C=O) groups excluding carboxylic acids is 1. The Bertz CT molecular complexity index is 458. The average Bonchev–Trinajstić information content (AvgIpc) is 2.82. The average molecular weight is 327 g/mol. The highest BCUT2D eigenvalue weighted by atomic mass is 16.6. The molecular weight excluding hydrogens is 298 g/mol. The second-order valence-corrected chi connectivity index (χ2v) is 7.83. The molecule has 3 atom stereocenters. The SMILES string of the molecule is CC(C)CC(C)(CC(=O)O)C(=O)N1CC(C)OC2(CCOC2)C1. The van der Waals surface area contributed by atoms with Crippen LogP contribution < -0.4 is 0 Å². The molecule has 2 aliphatic rings. The van der Waals surface area contributed by atoms with Gasteiger partial charge in [0.15, 0.2) is 0 Å². The van der Waals surface area contributed by atoms with Crippen LogP contribution in [0.5, 0.6) is 0 Å². The van der Waals surface area contributed by atoms with E-state index in [1.165, 1.54) is 0 Å². The first kappa shape index (κ1) is 18.2. The highest BCUT2D eigenvalue weighted by Gasteiger charge is 2.47. The largest absolute Gasteiger partial charge is 0.481 e. The van der Waals surface area contributed by atoms with Crippen molar-refractivity contribution in [3.05, 3.63) is 0 Å². The summed E-state index contributed by atoms with van der Waals surface area (Å²) in [5.74, 6) is -0.748. The molecule has 0 aromatic heterocycles. The van der Waals surface area contributed by atoms with Gasteiger partial charge in [0.25, 0.3) is 0 Å². The Morgan fingerprint density at radius 3 is 2.65 bits per heavy atom. The summed E-state index contributed by atoms with van der Waals surface area (Å²) in [5.41, 5.74) is -1.30. The molecule has 2 rings (SSSR count). The van der Waals surface area contributed by atoms with E-state index in [9.17, 15) is 14.7 Å². The number of carboxylic acid groups (broad SMARTS) is 1. The number of hydrogen-bond acceptors (Lipinski definition) is 4. The number of carboxylic acids is 1. The molecule has 2 fully saturated rings. The van der Waals surface area contributed by atoms with Crippen molar-refractivity contribution in [3.8, 4) is 0 Å². The zero-order chi connectivity index (χ0) is 17.3. The number of aliphatic carboxylic acids is 1. The van der Waals surface area contributed by atoms with E-state index >= 15 is 0 Å². The van der Waals surface area contributed by atoms with E-state index in [4.69, 9.17) is 9.47 Å². The van der Waals surface area contributed by atoms with Crippen molar-refractivity contribution >= 4 is 11.9 Å². The fraction of sp³-hybridized carbons (Fsp3) is 0.882. The first-order valence-electron chi connectivity index (χ1n) is 8.42. The maximum absolute atomic E-state index is 13.1. The van der Waals surface area contributed by atoms with Crippen LogP contribution in [0.25, 0.3) is 0 Å². The highest BCUT2D eigenvalue weighted by molar-refractivity contribution is 5.86. The number of ether oxygens (including phenoxy) is 2. The standard InChI is InChI=1S/C17H29NO5/c1-12(2)7-16(4,8-14(19)20)15(21)18-9-13(3)23-17(10-18)5-6-22-11-17/h12-13H,5-11H2,1-4H3,(H,19,20). The molecule has 3 unspecified atom stereocenters. The molecule has 2 aliphatic heterocycles. The molecule has 0 saturated carbocycles. The minimum absolute atomic E-state index is 0.0671. The van der Waals surface area contributed by atoms with Gasteiger partial charge in [0.2, 0.25) is 5.91 Å². The van der Waals surface area contributed by atoms with Crippen molar-refractivity contribution in [2.45, 2.75) is 58.7 Å². The number of nitrogens with zero attached hydrogens (tertiary/aromatic N) is 1. The third-order valence-electron chi connectivity index (χ3n) is 4.68. The molecule has 2 saturated heterocycles. The Morgan fingerprint density at radius 2 is 2.13 bits per heavy atom. The van der Waals surface area contributed by atoms with Crippen LogP contribution in [0, 0.1) is 11.3 Å². The minimum atomic E-state index is -0.929.